The summed E-state index contributed by atoms with van der Waals surface area (Å²) >= 11 is 0. The van der Waals surface area contributed by atoms with Crippen LogP contribution >= 0.6 is 0 Å². The zero-order valence-corrected chi connectivity index (χ0v) is 16.5. The van der Waals surface area contributed by atoms with E-state index >= 15 is 0 Å². The lowest BCUT2D eigenvalue weighted by molar-refractivity contribution is 0.213. The first-order valence-electron chi connectivity index (χ1n) is 9.58. The van der Waals surface area contributed by atoms with E-state index in [1.165, 1.54) is 12.8 Å². The van der Waals surface area contributed by atoms with Crippen molar-refractivity contribution >= 4 is 5.96 Å². The van der Waals surface area contributed by atoms with Crippen molar-refractivity contribution in [3.63, 3.8) is 0 Å². The summed E-state index contributed by atoms with van der Waals surface area (Å²) in [6.45, 7) is 5.61. The van der Waals surface area contributed by atoms with E-state index in [2.05, 4.69) is 32.7 Å². The average Bonchev–Trinajstić information content (AvgIpc) is 3.37. The molecule has 1 aliphatic heterocycles. The van der Waals surface area contributed by atoms with Gasteiger partial charge in [-0.05, 0) is 51.1 Å². The average molecular weight is 370 g/mol. The van der Waals surface area contributed by atoms with Crippen LogP contribution in [-0.2, 0) is 6.54 Å². The van der Waals surface area contributed by atoms with Gasteiger partial charge in [0.2, 0.25) is 0 Å². The molecular formula is C21H30N4O2. The van der Waals surface area contributed by atoms with Gasteiger partial charge in [-0.15, -0.1) is 0 Å². The van der Waals surface area contributed by atoms with Crippen LogP contribution in [0.15, 0.2) is 45.8 Å². The molecule has 6 heteroatoms. The first-order valence-corrected chi connectivity index (χ1v) is 9.58. The molecule has 2 aromatic rings. The minimum Gasteiger partial charge on any atom is -0.496 e. The van der Waals surface area contributed by atoms with E-state index in [1.54, 1.807) is 14.2 Å². The summed E-state index contributed by atoms with van der Waals surface area (Å²) < 4.78 is 11.3. The molecule has 0 spiro atoms. The highest BCUT2D eigenvalue weighted by Gasteiger charge is 2.26. The highest BCUT2D eigenvalue weighted by molar-refractivity contribution is 5.79. The molecule has 1 aromatic heterocycles. The van der Waals surface area contributed by atoms with Gasteiger partial charge in [0, 0.05) is 25.7 Å². The lowest BCUT2D eigenvalue weighted by atomic mass is 10.2. The van der Waals surface area contributed by atoms with Crippen molar-refractivity contribution in [3.05, 3.63) is 53.5 Å². The number of nitrogens with zero attached hydrogens (tertiary/aromatic N) is 2. The van der Waals surface area contributed by atoms with E-state index in [-0.39, 0.29) is 6.04 Å². The predicted octanol–water partition coefficient (Wildman–Crippen LogP) is 3.10. The van der Waals surface area contributed by atoms with Crippen LogP contribution in [0.5, 0.6) is 5.75 Å². The number of methoxy groups -OCH3 is 1. The number of para-hydroxylation sites is 1. The van der Waals surface area contributed by atoms with E-state index in [1.807, 2.05) is 31.2 Å². The maximum Gasteiger partial charge on any atom is 0.191 e. The van der Waals surface area contributed by atoms with Crippen LogP contribution < -0.4 is 15.4 Å². The monoisotopic (exact) mass is 370 g/mol. The quantitative estimate of drug-likeness (QED) is 0.579. The largest absolute Gasteiger partial charge is 0.496 e. The van der Waals surface area contributed by atoms with E-state index < -0.39 is 0 Å². The van der Waals surface area contributed by atoms with Gasteiger partial charge in [0.1, 0.15) is 17.3 Å². The third kappa shape index (κ3) is 5.04. The summed E-state index contributed by atoms with van der Waals surface area (Å²) in [5.41, 5.74) is 1.10. The van der Waals surface area contributed by atoms with Gasteiger partial charge >= 0.3 is 0 Å². The zero-order chi connectivity index (χ0) is 19.1. The van der Waals surface area contributed by atoms with Crippen molar-refractivity contribution < 1.29 is 9.15 Å². The fourth-order valence-electron chi connectivity index (χ4n) is 3.54. The number of benzene rings is 1. The summed E-state index contributed by atoms with van der Waals surface area (Å²) in [5, 5.41) is 6.83. The number of hydrogen-bond donors (Lipinski definition) is 2. The molecule has 2 N–H and O–H groups in total. The van der Waals surface area contributed by atoms with Crippen molar-refractivity contribution in [1.82, 2.24) is 15.5 Å². The molecule has 1 atom stereocenters. The van der Waals surface area contributed by atoms with Gasteiger partial charge < -0.3 is 19.8 Å². The Morgan fingerprint density at radius 3 is 2.63 bits per heavy atom. The SMILES string of the molecule is CN=C(NCc1ccccc1OC)NCC(c1ccc(C)o1)N1CCCC1. The molecule has 1 aliphatic rings. The smallest absolute Gasteiger partial charge is 0.191 e. The predicted molar refractivity (Wildman–Crippen MR) is 108 cm³/mol. The molecule has 0 bridgehead atoms. The summed E-state index contributed by atoms with van der Waals surface area (Å²) in [7, 11) is 3.48. The number of nitrogens with one attached hydrogen (secondary N) is 2. The van der Waals surface area contributed by atoms with Gasteiger partial charge in [-0.1, -0.05) is 18.2 Å². The molecule has 0 saturated carbocycles. The minimum atomic E-state index is 0.214. The normalized spacial score (nSPS) is 16.3. The van der Waals surface area contributed by atoms with Crippen molar-refractivity contribution in [2.45, 2.75) is 32.4 Å². The topological polar surface area (TPSA) is 62.0 Å². The van der Waals surface area contributed by atoms with E-state index in [0.717, 1.165) is 48.4 Å². The van der Waals surface area contributed by atoms with Gasteiger partial charge in [0.15, 0.2) is 5.96 Å². The molecule has 1 unspecified atom stereocenters. The zero-order valence-electron chi connectivity index (χ0n) is 16.5. The van der Waals surface area contributed by atoms with Crippen molar-refractivity contribution in [3.8, 4) is 5.75 Å². The molecule has 3 rings (SSSR count). The minimum absolute atomic E-state index is 0.214. The first kappa shape index (κ1) is 19.3. The van der Waals surface area contributed by atoms with Gasteiger partial charge in [0.25, 0.3) is 0 Å². The highest BCUT2D eigenvalue weighted by atomic mass is 16.5. The van der Waals surface area contributed by atoms with Crippen LogP contribution in [0.1, 0.15) is 36.0 Å². The van der Waals surface area contributed by atoms with Crippen molar-refractivity contribution in [2.24, 2.45) is 4.99 Å². The molecule has 2 heterocycles. The Bertz CT molecular complexity index is 750. The van der Waals surface area contributed by atoms with Gasteiger partial charge in [-0.25, -0.2) is 0 Å². The lowest BCUT2D eigenvalue weighted by Gasteiger charge is -2.27. The molecule has 27 heavy (non-hydrogen) atoms. The third-order valence-electron chi connectivity index (χ3n) is 5.00. The Balaban J connectivity index is 1.61. The van der Waals surface area contributed by atoms with Crippen molar-refractivity contribution in [2.75, 3.05) is 33.8 Å². The Hall–Kier alpha value is -2.47. The Labute approximate surface area is 161 Å². The molecule has 0 radical (unpaired) electrons. The second kappa shape index (κ2) is 9.46. The number of furan rings is 1. The van der Waals surface area contributed by atoms with Crippen LogP contribution in [-0.4, -0.2) is 44.7 Å². The first-order chi connectivity index (χ1) is 13.2. The number of hydrogen-bond acceptors (Lipinski definition) is 4. The number of aliphatic imine (C=N–C) groups is 1. The molecule has 1 fully saturated rings. The van der Waals surface area contributed by atoms with Crippen LogP contribution in [0.2, 0.25) is 0 Å². The maximum atomic E-state index is 5.93. The highest BCUT2D eigenvalue weighted by Crippen LogP contribution is 2.26. The number of ether oxygens (including phenoxy) is 1. The Kier molecular flexibility index (Phi) is 6.76. The molecule has 0 amide bonds. The van der Waals surface area contributed by atoms with Gasteiger partial charge in [-0.2, -0.15) is 0 Å². The number of aryl methyl sites for hydroxylation is 1. The Morgan fingerprint density at radius 2 is 1.96 bits per heavy atom. The van der Waals surface area contributed by atoms with Crippen LogP contribution in [0.4, 0.5) is 0 Å². The maximum absolute atomic E-state index is 5.93. The number of rotatable bonds is 7. The molecule has 1 aromatic carbocycles. The number of likely N-dealkylation sites (tertiary alicyclic amines) is 1. The lowest BCUT2D eigenvalue weighted by Crippen LogP contribution is -2.42. The molecule has 0 aliphatic carbocycles. The van der Waals surface area contributed by atoms with Gasteiger partial charge in [0.05, 0.1) is 13.2 Å². The van der Waals surface area contributed by atoms with Crippen LogP contribution in [0.25, 0.3) is 0 Å². The number of guanidine groups is 1. The molecule has 146 valence electrons. The summed E-state index contributed by atoms with van der Waals surface area (Å²) in [4.78, 5) is 6.85. The van der Waals surface area contributed by atoms with Crippen molar-refractivity contribution in [1.29, 1.82) is 0 Å². The molecule has 1 saturated heterocycles. The van der Waals surface area contributed by atoms with Crippen LogP contribution in [0, 0.1) is 6.92 Å². The summed E-state index contributed by atoms with van der Waals surface area (Å²) in [6, 6.07) is 12.3. The fraction of sp³-hybridized carbons (Fsp3) is 0.476. The summed E-state index contributed by atoms with van der Waals surface area (Å²) in [5.74, 6) is 3.62. The van der Waals surface area contributed by atoms with E-state index in [4.69, 9.17) is 9.15 Å². The third-order valence-corrected chi connectivity index (χ3v) is 5.00. The Morgan fingerprint density at radius 1 is 1.19 bits per heavy atom. The van der Waals surface area contributed by atoms with E-state index in [9.17, 15) is 0 Å². The summed E-state index contributed by atoms with van der Waals surface area (Å²) in [6.07, 6.45) is 2.49. The standard InChI is InChI=1S/C21H30N4O2/c1-16-10-11-20(27-16)18(25-12-6-7-13-25)15-24-21(22-2)23-14-17-8-4-5-9-19(17)26-3/h4-5,8-11,18H,6-7,12-15H2,1-3H3,(H2,22,23,24). The van der Waals surface area contributed by atoms with Crippen LogP contribution in [0.3, 0.4) is 0 Å². The van der Waals surface area contributed by atoms with Gasteiger partial charge in [-0.3, -0.25) is 9.89 Å². The van der Waals surface area contributed by atoms with E-state index in [0.29, 0.717) is 6.54 Å². The molecule has 6 nitrogen and oxygen atoms in total. The molecular weight excluding hydrogens is 340 g/mol. The fourth-order valence-corrected chi connectivity index (χ4v) is 3.54. The second-order valence-corrected chi connectivity index (χ2v) is 6.83. The second-order valence-electron chi connectivity index (χ2n) is 6.83.